The second-order valence-electron chi connectivity index (χ2n) is 11.3. The lowest BCUT2D eigenvalue weighted by molar-refractivity contribution is -0.146. The van der Waals surface area contributed by atoms with Crippen LogP contribution < -0.4 is 10.6 Å². The van der Waals surface area contributed by atoms with Crippen molar-refractivity contribution in [3.8, 4) is 11.1 Å². The third-order valence-electron chi connectivity index (χ3n) is 7.57. The summed E-state index contributed by atoms with van der Waals surface area (Å²) in [7, 11) is 0. The normalized spacial score (nSPS) is 14.4. The molecule has 42 heavy (non-hydrogen) atoms. The average molecular weight is 573 g/mol. The second-order valence-corrected chi connectivity index (χ2v) is 11.3. The molecule has 0 aliphatic heterocycles. The number of alkyl carbamates (subject to hydrolysis) is 1. The molecule has 3 atom stereocenters. The number of carbonyl (C=O) groups excluding carboxylic acids is 2. The van der Waals surface area contributed by atoms with Gasteiger partial charge in [0.2, 0.25) is 5.91 Å². The van der Waals surface area contributed by atoms with Gasteiger partial charge in [-0.3, -0.25) is 4.79 Å². The van der Waals surface area contributed by atoms with Gasteiger partial charge in [0.05, 0.1) is 12.7 Å². The number of hydrogen-bond donors (Lipinski definition) is 3. The summed E-state index contributed by atoms with van der Waals surface area (Å²) in [6.07, 6.45) is -0.544. The Balaban J connectivity index is 1.29. The molecule has 2 amide bonds. The molecule has 0 saturated carbocycles. The number of carboxylic acids is 1. The van der Waals surface area contributed by atoms with Crippen molar-refractivity contribution in [1.82, 2.24) is 10.6 Å². The number of carboxylic acid groups (broad SMARTS) is 1. The summed E-state index contributed by atoms with van der Waals surface area (Å²) in [6.45, 7) is 6.39. The van der Waals surface area contributed by atoms with Crippen molar-refractivity contribution in [2.45, 2.75) is 58.3 Å². The van der Waals surface area contributed by atoms with Crippen molar-refractivity contribution >= 4 is 18.0 Å². The molecule has 4 rings (SSSR count). The van der Waals surface area contributed by atoms with Crippen LogP contribution in [0.4, 0.5) is 4.79 Å². The average Bonchev–Trinajstić information content (AvgIpc) is 3.30. The molecule has 3 aromatic carbocycles. The highest BCUT2D eigenvalue weighted by molar-refractivity contribution is 5.84. The van der Waals surface area contributed by atoms with Crippen LogP contribution in [0.2, 0.25) is 0 Å². The summed E-state index contributed by atoms with van der Waals surface area (Å²) < 4.78 is 11.4. The molecule has 1 aliphatic rings. The van der Waals surface area contributed by atoms with Crippen molar-refractivity contribution in [1.29, 1.82) is 0 Å². The predicted molar refractivity (Wildman–Crippen MR) is 161 cm³/mol. The molecule has 0 saturated heterocycles. The van der Waals surface area contributed by atoms with E-state index in [1.54, 1.807) is 6.92 Å². The van der Waals surface area contributed by atoms with Crippen LogP contribution in [-0.2, 0) is 25.7 Å². The van der Waals surface area contributed by atoms with Crippen molar-refractivity contribution in [2.75, 3.05) is 13.2 Å². The first-order valence-corrected chi connectivity index (χ1v) is 14.5. The van der Waals surface area contributed by atoms with E-state index >= 15 is 0 Å². The number of hydrogen-bond acceptors (Lipinski definition) is 5. The van der Waals surface area contributed by atoms with Gasteiger partial charge in [-0.05, 0) is 53.0 Å². The van der Waals surface area contributed by atoms with Crippen molar-refractivity contribution in [2.24, 2.45) is 11.8 Å². The topological polar surface area (TPSA) is 114 Å². The molecule has 8 heteroatoms. The molecule has 0 heterocycles. The number of ether oxygens (including phenoxy) is 2. The molecule has 0 fully saturated rings. The highest BCUT2D eigenvalue weighted by Crippen LogP contribution is 2.44. The zero-order valence-electron chi connectivity index (χ0n) is 24.4. The van der Waals surface area contributed by atoms with Crippen LogP contribution in [0.3, 0.4) is 0 Å². The maximum absolute atomic E-state index is 12.9. The Labute approximate surface area is 247 Å². The Morgan fingerprint density at radius 2 is 1.45 bits per heavy atom. The van der Waals surface area contributed by atoms with E-state index in [-0.39, 0.29) is 43.9 Å². The number of amides is 2. The molecule has 1 aliphatic carbocycles. The summed E-state index contributed by atoms with van der Waals surface area (Å²) in [5.74, 6) is -1.53. The number of fused-ring (bicyclic) bond motifs is 3. The summed E-state index contributed by atoms with van der Waals surface area (Å²) in [4.78, 5) is 37.6. The van der Waals surface area contributed by atoms with E-state index in [0.717, 1.165) is 27.8 Å². The van der Waals surface area contributed by atoms with E-state index in [4.69, 9.17) is 9.47 Å². The van der Waals surface area contributed by atoms with E-state index in [2.05, 4.69) is 34.9 Å². The lowest BCUT2D eigenvalue weighted by Crippen LogP contribution is -2.49. The first kappa shape index (κ1) is 30.8. The van der Waals surface area contributed by atoms with E-state index in [1.807, 2.05) is 68.4 Å². The fourth-order valence-corrected chi connectivity index (χ4v) is 5.56. The van der Waals surface area contributed by atoms with Crippen molar-refractivity contribution in [3.05, 3.63) is 95.6 Å². The largest absolute Gasteiger partial charge is 0.480 e. The van der Waals surface area contributed by atoms with Crippen LogP contribution in [0.5, 0.6) is 0 Å². The van der Waals surface area contributed by atoms with Crippen molar-refractivity contribution in [3.63, 3.8) is 0 Å². The fraction of sp³-hybridized carbons (Fsp3) is 0.382. The Hall–Kier alpha value is -4.17. The Morgan fingerprint density at radius 1 is 0.857 bits per heavy atom. The van der Waals surface area contributed by atoms with Crippen LogP contribution in [-0.4, -0.2) is 48.4 Å². The molecule has 8 nitrogen and oxygen atoms in total. The molecule has 2 unspecified atom stereocenters. The second kappa shape index (κ2) is 14.6. The van der Waals surface area contributed by atoms with Gasteiger partial charge in [-0.1, -0.05) is 92.7 Å². The first-order chi connectivity index (χ1) is 20.2. The summed E-state index contributed by atoms with van der Waals surface area (Å²) in [5.41, 5.74) is 5.50. The molecule has 0 bridgehead atoms. The van der Waals surface area contributed by atoms with Crippen LogP contribution >= 0.6 is 0 Å². The molecule has 0 spiro atoms. The van der Waals surface area contributed by atoms with Crippen LogP contribution in [0.1, 0.15) is 56.2 Å². The Morgan fingerprint density at radius 3 is 2.05 bits per heavy atom. The van der Waals surface area contributed by atoms with Gasteiger partial charge < -0.3 is 25.2 Å². The zero-order chi connectivity index (χ0) is 30.1. The zero-order valence-corrected chi connectivity index (χ0v) is 24.4. The molecular formula is C34H40N2O6. The number of nitrogens with one attached hydrogen (secondary N) is 2. The summed E-state index contributed by atoms with van der Waals surface area (Å²) >= 11 is 0. The minimum absolute atomic E-state index is 0.0422. The highest BCUT2D eigenvalue weighted by Gasteiger charge is 2.30. The lowest BCUT2D eigenvalue weighted by atomic mass is 9.93. The molecule has 0 radical (unpaired) electrons. The third-order valence-corrected chi connectivity index (χ3v) is 7.57. The monoisotopic (exact) mass is 572 g/mol. The minimum Gasteiger partial charge on any atom is -0.480 e. The van der Waals surface area contributed by atoms with Gasteiger partial charge in [-0.25, -0.2) is 9.59 Å². The van der Waals surface area contributed by atoms with E-state index in [9.17, 15) is 19.5 Å². The van der Waals surface area contributed by atoms with E-state index in [0.29, 0.717) is 6.42 Å². The quantitative estimate of drug-likeness (QED) is 0.227. The SMILES string of the molecule is CC(C)C[C@H](CNC(=O)OCC1c2ccccc2-c2ccccc21)CC(=O)NC(C(=O)O)C(C)OCc1ccccc1. The fourth-order valence-electron chi connectivity index (χ4n) is 5.56. The van der Waals surface area contributed by atoms with E-state index in [1.165, 1.54) is 0 Å². The van der Waals surface area contributed by atoms with Gasteiger partial charge in [-0.15, -0.1) is 0 Å². The maximum Gasteiger partial charge on any atom is 0.407 e. The van der Waals surface area contributed by atoms with Gasteiger partial charge in [0.15, 0.2) is 6.04 Å². The number of aliphatic carboxylic acids is 1. The van der Waals surface area contributed by atoms with Gasteiger partial charge in [-0.2, -0.15) is 0 Å². The van der Waals surface area contributed by atoms with Gasteiger partial charge in [0, 0.05) is 18.9 Å². The Kier molecular flexibility index (Phi) is 10.7. The van der Waals surface area contributed by atoms with Gasteiger partial charge in [0.1, 0.15) is 6.61 Å². The highest BCUT2D eigenvalue weighted by atomic mass is 16.5. The molecule has 3 N–H and O–H groups in total. The number of rotatable bonds is 14. The number of benzene rings is 3. The summed E-state index contributed by atoms with van der Waals surface area (Å²) in [5, 5.41) is 15.2. The van der Waals surface area contributed by atoms with Crippen LogP contribution in [0.15, 0.2) is 78.9 Å². The smallest absolute Gasteiger partial charge is 0.407 e. The molecule has 0 aromatic heterocycles. The first-order valence-electron chi connectivity index (χ1n) is 14.5. The predicted octanol–water partition coefficient (Wildman–Crippen LogP) is 5.75. The van der Waals surface area contributed by atoms with Gasteiger partial charge in [0.25, 0.3) is 0 Å². The van der Waals surface area contributed by atoms with Crippen molar-refractivity contribution < 1.29 is 29.0 Å². The molecule has 3 aromatic rings. The maximum atomic E-state index is 12.9. The lowest BCUT2D eigenvalue weighted by Gasteiger charge is -2.24. The summed E-state index contributed by atoms with van der Waals surface area (Å²) in [6, 6.07) is 24.5. The third kappa shape index (κ3) is 8.19. The molecular weight excluding hydrogens is 532 g/mol. The van der Waals surface area contributed by atoms with E-state index < -0.39 is 30.1 Å². The number of carbonyl (C=O) groups is 3. The molecule has 222 valence electrons. The van der Waals surface area contributed by atoms with Crippen LogP contribution in [0, 0.1) is 11.8 Å². The standard InChI is InChI=1S/C34H40N2O6/c1-22(2)17-25(18-31(37)36-32(33(38)39)23(3)41-20-24-11-5-4-6-12-24)19-35-34(40)42-21-30-28-15-9-7-13-26(28)27-14-8-10-16-29(27)30/h4-16,22-23,25,30,32H,17-21H2,1-3H3,(H,35,40)(H,36,37)(H,38,39)/t23?,25-,32?/m0/s1. The van der Waals surface area contributed by atoms with Gasteiger partial charge >= 0.3 is 12.1 Å². The minimum atomic E-state index is -1.20. The van der Waals surface area contributed by atoms with Crippen LogP contribution in [0.25, 0.3) is 11.1 Å². The Bertz CT molecular complexity index is 1310.